The van der Waals surface area contributed by atoms with Gasteiger partial charge >= 0.3 is 0 Å². The minimum atomic E-state index is 0.303. The number of hydrogen-bond acceptors (Lipinski definition) is 2. The van der Waals surface area contributed by atoms with Crippen LogP contribution in [0, 0.1) is 5.92 Å². The lowest BCUT2D eigenvalue weighted by Crippen LogP contribution is -2.43. The van der Waals surface area contributed by atoms with E-state index in [1.807, 2.05) is 0 Å². The highest BCUT2D eigenvalue weighted by Crippen LogP contribution is 2.19. The van der Waals surface area contributed by atoms with Crippen LogP contribution in [0.1, 0.15) is 59.8 Å². The van der Waals surface area contributed by atoms with E-state index in [9.17, 15) is 0 Å². The van der Waals surface area contributed by atoms with Crippen molar-refractivity contribution in [1.82, 2.24) is 10.2 Å². The van der Waals surface area contributed by atoms with Gasteiger partial charge in [0.25, 0.3) is 0 Å². The molecule has 1 saturated heterocycles. The van der Waals surface area contributed by atoms with Crippen LogP contribution in [0.4, 0.5) is 0 Å². The molecule has 2 heteroatoms. The molecule has 0 spiro atoms. The molecule has 1 unspecified atom stereocenters. The highest BCUT2D eigenvalue weighted by molar-refractivity contribution is 4.76. The maximum atomic E-state index is 3.66. The molecule has 1 heterocycles. The number of rotatable bonds is 6. The Balaban J connectivity index is 2.19. The minimum absolute atomic E-state index is 0.303. The molecule has 0 amide bonds. The smallest absolute Gasteiger partial charge is 0.0123 e. The van der Waals surface area contributed by atoms with Gasteiger partial charge < -0.3 is 10.2 Å². The minimum Gasteiger partial charge on any atom is -0.311 e. The molecule has 0 radical (unpaired) electrons. The van der Waals surface area contributed by atoms with E-state index in [-0.39, 0.29) is 0 Å². The topological polar surface area (TPSA) is 15.3 Å². The van der Waals surface area contributed by atoms with E-state index < -0.39 is 0 Å². The summed E-state index contributed by atoms with van der Waals surface area (Å²) in [6.07, 6.45) is 6.82. The van der Waals surface area contributed by atoms with Crippen LogP contribution in [0.5, 0.6) is 0 Å². The van der Waals surface area contributed by atoms with Crippen LogP contribution in [0.3, 0.4) is 0 Å². The summed E-state index contributed by atoms with van der Waals surface area (Å²) >= 11 is 0. The van der Waals surface area contributed by atoms with Crippen molar-refractivity contribution in [2.75, 3.05) is 26.2 Å². The van der Waals surface area contributed by atoms with Gasteiger partial charge in [-0.2, -0.15) is 0 Å². The van der Waals surface area contributed by atoms with Gasteiger partial charge in [-0.05, 0) is 58.5 Å². The average molecular weight is 240 g/mol. The third kappa shape index (κ3) is 5.87. The Kier molecular flexibility index (Phi) is 6.50. The number of nitrogens with zero attached hydrogens (tertiary/aromatic N) is 1. The molecule has 0 aromatic rings. The number of hydrogen-bond donors (Lipinski definition) is 1. The van der Waals surface area contributed by atoms with Crippen molar-refractivity contribution in [3.05, 3.63) is 0 Å². The zero-order valence-electron chi connectivity index (χ0n) is 12.4. The Labute approximate surface area is 108 Å². The summed E-state index contributed by atoms with van der Waals surface area (Å²) < 4.78 is 0. The summed E-state index contributed by atoms with van der Waals surface area (Å²) in [5.74, 6) is 0.986. The third-order valence-electron chi connectivity index (χ3n) is 4.43. The average Bonchev–Trinajstić information content (AvgIpc) is 2.54. The van der Waals surface area contributed by atoms with Gasteiger partial charge in [0.2, 0.25) is 0 Å². The Bertz CT molecular complexity index is 201. The summed E-state index contributed by atoms with van der Waals surface area (Å²) in [6, 6.07) is 0. The number of likely N-dealkylation sites (tertiary alicyclic amines) is 1. The van der Waals surface area contributed by atoms with Crippen LogP contribution in [0.25, 0.3) is 0 Å². The zero-order chi connectivity index (χ0) is 12.7. The Morgan fingerprint density at radius 1 is 1.18 bits per heavy atom. The first kappa shape index (κ1) is 15.0. The van der Waals surface area contributed by atoms with Gasteiger partial charge in [0.05, 0.1) is 0 Å². The molecule has 0 aromatic carbocycles. The maximum absolute atomic E-state index is 3.66. The third-order valence-corrected chi connectivity index (χ3v) is 4.43. The first-order chi connectivity index (χ1) is 8.07. The predicted octanol–water partition coefficient (Wildman–Crippen LogP) is 3.28. The van der Waals surface area contributed by atoms with Crippen LogP contribution in [0.2, 0.25) is 0 Å². The molecular weight excluding hydrogens is 208 g/mol. The molecule has 1 fully saturated rings. The molecule has 17 heavy (non-hydrogen) atoms. The predicted molar refractivity (Wildman–Crippen MR) is 76.4 cm³/mol. The molecule has 1 N–H and O–H groups in total. The molecule has 0 bridgehead atoms. The Hall–Kier alpha value is -0.0800. The SMILES string of the molecule is CCC1CCCN(CCNC(C)(C)CC)CC1. The van der Waals surface area contributed by atoms with Crippen molar-refractivity contribution < 1.29 is 0 Å². The fourth-order valence-electron chi connectivity index (χ4n) is 2.53. The largest absolute Gasteiger partial charge is 0.311 e. The fraction of sp³-hybridized carbons (Fsp3) is 1.00. The summed E-state index contributed by atoms with van der Waals surface area (Å²) in [5, 5.41) is 3.66. The van der Waals surface area contributed by atoms with Gasteiger partial charge in [0.1, 0.15) is 0 Å². The number of nitrogens with one attached hydrogen (secondary N) is 1. The van der Waals surface area contributed by atoms with E-state index in [1.54, 1.807) is 0 Å². The van der Waals surface area contributed by atoms with Crippen LogP contribution in [0.15, 0.2) is 0 Å². The molecule has 2 nitrogen and oxygen atoms in total. The van der Waals surface area contributed by atoms with Crippen LogP contribution in [-0.4, -0.2) is 36.6 Å². The summed E-state index contributed by atoms with van der Waals surface area (Å²) in [5.41, 5.74) is 0.303. The van der Waals surface area contributed by atoms with Crippen molar-refractivity contribution in [2.45, 2.75) is 65.3 Å². The van der Waals surface area contributed by atoms with Crippen molar-refractivity contribution in [3.63, 3.8) is 0 Å². The molecule has 1 aliphatic rings. The summed E-state index contributed by atoms with van der Waals surface area (Å²) in [6.45, 7) is 14.2. The van der Waals surface area contributed by atoms with E-state index in [0.29, 0.717) is 5.54 Å². The van der Waals surface area contributed by atoms with Crippen molar-refractivity contribution >= 4 is 0 Å². The standard InChI is InChI=1S/C15H32N2/c1-5-14-8-7-11-17(12-9-14)13-10-16-15(3,4)6-2/h14,16H,5-13H2,1-4H3. The van der Waals surface area contributed by atoms with Gasteiger partial charge in [0, 0.05) is 18.6 Å². The van der Waals surface area contributed by atoms with E-state index in [2.05, 4.69) is 37.9 Å². The Morgan fingerprint density at radius 3 is 2.59 bits per heavy atom. The lowest BCUT2D eigenvalue weighted by molar-refractivity contribution is 0.261. The molecule has 1 atom stereocenters. The van der Waals surface area contributed by atoms with E-state index >= 15 is 0 Å². The Morgan fingerprint density at radius 2 is 1.94 bits per heavy atom. The molecule has 1 rings (SSSR count). The lowest BCUT2D eigenvalue weighted by atomic mass is 9.98. The molecule has 1 aliphatic heterocycles. The maximum Gasteiger partial charge on any atom is 0.0123 e. The molecular formula is C15H32N2. The van der Waals surface area contributed by atoms with Crippen molar-refractivity contribution in [1.29, 1.82) is 0 Å². The second-order valence-corrected chi connectivity index (χ2v) is 6.21. The van der Waals surface area contributed by atoms with Crippen LogP contribution >= 0.6 is 0 Å². The van der Waals surface area contributed by atoms with E-state index in [0.717, 1.165) is 12.5 Å². The van der Waals surface area contributed by atoms with Gasteiger partial charge in [-0.1, -0.05) is 20.3 Å². The van der Waals surface area contributed by atoms with Crippen LogP contribution in [-0.2, 0) is 0 Å². The van der Waals surface area contributed by atoms with Gasteiger partial charge in [0.15, 0.2) is 0 Å². The highest BCUT2D eigenvalue weighted by Gasteiger charge is 2.17. The first-order valence-electron chi connectivity index (χ1n) is 7.54. The fourth-order valence-corrected chi connectivity index (χ4v) is 2.53. The first-order valence-corrected chi connectivity index (χ1v) is 7.54. The monoisotopic (exact) mass is 240 g/mol. The molecule has 0 aromatic heterocycles. The van der Waals surface area contributed by atoms with Crippen LogP contribution < -0.4 is 5.32 Å². The quantitative estimate of drug-likeness (QED) is 0.766. The van der Waals surface area contributed by atoms with Crippen molar-refractivity contribution in [3.8, 4) is 0 Å². The van der Waals surface area contributed by atoms with E-state index in [1.165, 1.54) is 51.7 Å². The molecule has 0 aliphatic carbocycles. The second kappa shape index (κ2) is 7.38. The highest BCUT2D eigenvalue weighted by atomic mass is 15.1. The normalized spacial score (nSPS) is 23.6. The zero-order valence-corrected chi connectivity index (χ0v) is 12.4. The second-order valence-electron chi connectivity index (χ2n) is 6.21. The summed E-state index contributed by atoms with van der Waals surface area (Å²) in [7, 11) is 0. The molecule has 0 saturated carbocycles. The summed E-state index contributed by atoms with van der Waals surface area (Å²) in [4.78, 5) is 2.65. The molecule has 102 valence electrons. The lowest BCUT2D eigenvalue weighted by Gasteiger charge is -2.27. The van der Waals surface area contributed by atoms with E-state index in [4.69, 9.17) is 0 Å². The van der Waals surface area contributed by atoms with Gasteiger partial charge in [-0.3, -0.25) is 0 Å². The van der Waals surface area contributed by atoms with Gasteiger partial charge in [-0.25, -0.2) is 0 Å². The van der Waals surface area contributed by atoms with Crippen molar-refractivity contribution in [2.24, 2.45) is 5.92 Å². The van der Waals surface area contributed by atoms with Gasteiger partial charge in [-0.15, -0.1) is 0 Å².